The van der Waals surface area contributed by atoms with Gasteiger partial charge in [0, 0.05) is 0 Å². The normalized spacial score (nSPS) is 23.9. The molecule has 0 bridgehead atoms. The molecule has 0 atom stereocenters. The van der Waals surface area contributed by atoms with Gasteiger partial charge in [0.05, 0.1) is 0 Å². The van der Waals surface area contributed by atoms with E-state index in [1.807, 2.05) is 0 Å². The summed E-state index contributed by atoms with van der Waals surface area (Å²) in [6, 6.07) is 0. The quantitative estimate of drug-likeness (QED) is 0.441. The molecule has 0 aromatic heterocycles. The number of hydrogen-bond acceptors (Lipinski definition) is 2. The standard InChI is InChI=1S/C8H16.2CNO/c1-7-3-5-8(2)6-4-7;2*2-1-3/h7-8H,3-6H2,1-2H3;;/q;2*-1. The molecule has 0 heterocycles. The molecule has 0 saturated heterocycles. The predicted octanol–water partition coefficient (Wildman–Crippen LogP) is 2.62. The topological polar surface area (TPSA) is 78.7 Å². The summed E-state index contributed by atoms with van der Waals surface area (Å²) in [4.78, 5) is 16.5. The molecular formula is C10H16N2O2-2. The van der Waals surface area contributed by atoms with Crippen molar-refractivity contribution in [3.05, 3.63) is 10.8 Å². The number of hydrogen-bond donors (Lipinski definition) is 0. The summed E-state index contributed by atoms with van der Waals surface area (Å²) in [6.07, 6.45) is 6.89. The van der Waals surface area contributed by atoms with E-state index in [9.17, 15) is 0 Å². The van der Waals surface area contributed by atoms with Gasteiger partial charge >= 0.3 is 0 Å². The van der Waals surface area contributed by atoms with Crippen molar-refractivity contribution in [3.63, 3.8) is 0 Å². The van der Waals surface area contributed by atoms with Gasteiger partial charge in [-0.1, -0.05) is 39.5 Å². The lowest BCUT2D eigenvalue weighted by Gasteiger charge is -2.22. The van der Waals surface area contributed by atoms with Gasteiger partial charge in [-0.2, -0.15) is 0 Å². The third-order valence-electron chi connectivity index (χ3n) is 2.30. The van der Waals surface area contributed by atoms with Crippen LogP contribution in [0, 0.1) is 11.8 Å². The Hall–Kier alpha value is -1.24. The molecule has 0 unspecified atom stereocenters. The maximum atomic E-state index is 8.24. The zero-order valence-corrected chi connectivity index (χ0v) is 8.69. The Balaban J connectivity index is 0. The molecular weight excluding hydrogens is 180 g/mol. The first-order chi connectivity index (χ1) is 6.62. The minimum absolute atomic E-state index is 0.500. The van der Waals surface area contributed by atoms with E-state index in [0.717, 1.165) is 11.8 Å². The van der Waals surface area contributed by atoms with Crippen molar-refractivity contribution in [3.8, 4) is 0 Å². The lowest BCUT2D eigenvalue weighted by molar-refractivity contribution is 0.308. The second kappa shape index (κ2) is 11.8. The van der Waals surface area contributed by atoms with E-state index in [-0.39, 0.29) is 0 Å². The number of carbonyl (C=O) groups excluding carboxylic acids is 2. The van der Waals surface area contributed by atoms with E-state index in [0.29, 0.717) is 12.2 Å². The Morgan fingerprint density at radius 1 is 0.857 bits per heavy atom. The van der Waals surface area contributed by atoms with Crippen LogP contribution in [0.15, 0.2) is 0 Å². The third-order valence-corrected chi connectivity index (χ3v) is 2.30. The molecule has 0 aliphatic heterocycles. The predicted molar refractivity (Wildman–Crippen MR) is 54.9 cm³/mol. The van der Waals surface area contributed by atoms with Crippen LogP contribution >= 0.6 is 0 Å². The first kappa shape index (κ1) is 15.2. The minimum Gasteiger partial charge on any atom is -0.724 e. The Morgan fingerprint density at radius 2 is 1.00 bits per heavy atom. The van der Waals surface area contributed by atoms with Gasteiger partial charge in [0.1, 0.15) is 0 Å². The summed E-state index contributed by atoms with van der Waals surface area (Å²) in [5, 5.41) is 13.5. The first-order valence-electron chi connectivity index (χ1n) is 4.64. The van der Waals surface area contributed by atoms with Crippen LogP contribution in [0.1, 0.15) is 39.5 Å². The maximum absolute atomic E-state index is 8.24. The monoisotopic (exact) mass is 196 g/mol. The fourth-order valence-electron chi connectivity index (χ4n) is 1.43. The maximum Gasteiger partial charge on any atom is -0.0159 e. The van der Waals surface area contributed by atoms with Crippen molar-refractivity contribution in [2.75, 3.05) is 0 Å². The molecule has 0 aromatic rings. The first-order valence-corrected chi connectivity index (χ1v) is 4.64. The smallest absolute Gasteiger partial charge is 0.0159 e. The summed E-state index contributed by atoms with van der Waals surface area (Å²) in [5.41, 5.74) is 0. The lowest BCUT2D eigenvalue weighted by Crippen LogP contribution is -2.08. The highest BCUT2D eigenvalue weighted by molar-refractivity contribution is 5.37. The largest absolute Gasteiger partial charge is 0.724 e. The van der Waals surface area contributed by atoms with E-state index in [2.05, 4.69) is 13.8 Å². The van der Waals surface area contributed by atoms with Gasteiger partial charge in [0.25, 0.3) is 0 Å². The second-order valence-corrected chi connectivity index (χ2v) is 3.55. The van der Waals surface area contributed by atoms with Gasteiger partial charge in [-0.3, -0.25) is 9.59 Å². The van der Waals surface area contributed by atoms with Crippen LogP contribution in [0.25, 0.3) is 10.8 Å². The summed E-state index contributed by atoms with van der Waals surface area (Å²) in [5.74, 6) is 2.04. The summed E-state index contributed by atoms with van der Waals surface area (Å²) in [6.45, 7) is 4.73. The zero-order valence-electron chi connectivity index (χ0n) is 8.69. The van der Waals surface area contributed by atoms with Crippen LogP contribution in [0.3, 0.4) is 0 Å². The highest BCUT2D eigenvalue weighted by atomic mass is 16.1. The van der Waals surface area contributed by atoms with Crippen LogP contribution in [-0.4, -0.2) is 12.2 Å². The van der Waals surface area contributed by atoms with Crippen LogP contribution in [0.4, 0.5) is 0 Å². The molecule has 1 rings (SSSR count). The molecule has 14 heavy (non-hydrogen) atoms. The van der Waals surface area contributed by atoms with Gasteiger partial charge in [0.15, 0.2) is 0 Å². The fourth-order valence-corrected chi connectivity index (χ4v) is 1.43. The average Bonchev–Trinajstić information content (AvgIpc) is 2.13. The molecule has 1 aliphatic carbocycles. The highest BCUT2D eigenvalue weighted by Crippen LogP contribution is 2.27. The molecule has 1 aliphatic rings. The summed E-state index contributed by atoms with van der Waals surface area (Å²) < 4.78 is 0. The van der Waals surface area contributed by atoms with Crippen LogP contribution < -0.4 is 0 Å². The van der Waals surface area contributed by atoms with Crippen molar-refractivity contribution in [1.29, 1.82) is 0 Å². The summed E-state index contributed by atoms with van der Waals surface area (Å²) in [7, 11) is 0. The van der Waals surface area contributed by atoms with Gasteiger partial charge in [-0.05, 0) is 24.0 Å². The molecule has 0 radical (unpaired) electrons. The van der Waals surface area contributed by atoms with Crippen molar-refractivity contribution >= 4 is 12.2 Å². The Labute approximate surface area is 84.7 Å². The highest BCUT2D eigenvalue weighted by Gasteiger charge is 2.13. The Morgan fingerprint density at radius 3 is 1.14 bits per heavy atom. The van der Waals surface area contributed by atoms with Crippen molar-refractivity contribution in [2.45, 2.75) is 39.5 Å². The van der Waals surface area contributed by atoms with Crippen LogP contribution in [0.5, 0.6) is 0 Å². The van der Waals surface area contributed by atoms with E-state index >= 15 is 0 Å². The molecule has 1 saturated carbocycles. The van der Waals surface area contributed by atoms with E-state index in [1.54, 1.807) is 0 Å². The SMILES string of the molecule is CC1CCC(C)CC1.[N-]=C=O.[N-]=C=O. The molecule has 4 nitrogen and oxygen atoms in total. The Kier molecular flexibility index (Phi) is 12.8. The van der Waals surface area contributed by atoms with E-state index in [1.165, 1.54) is 25.7 Å². The number of isocyanates is 2. The molecule has 0 amide bonds. The second-order valence-electron chi connectivity index (χ2n) is 3.55. The van der Waals surface area contributed by atoms with Crippen molar-refractivity contribution in [1.82, 2.24) is 0 Å². The third kappa shape index (κ3) is 13.4. The fraction of sp³-hybridized carbons (Fsp3) is 0.800. The Bertz CT molecular complexity index is 162. The van der Waals surface area contributed by atoms with Crippen LogP contribution in [0.2, 0.25) is 0 Å². The van der Waals surface area contributed by atoms with Crippen LogP contribution in [-0.2, 0) is 9.59 Å². The van der Waals surface area contributed by atoms with Gasteiger partial charge in [-0.25, -0.2) is 0 Å². The minimum atomic E-state index is 0.500. The van der Waals surface area contributed by atoms with Gasteiger partial charge < -0.3 is 10.8 Å². The van der Waals surface area contributed by atoms with Gasteiger partial charge in [0.2, 0.25) is 0 Å². The van der Waals surface area contributed by atoms with Crippen molar-refractivity contribution < 1.29 is 9.59 Å². The van der Waals surface area contributed by atoms with E-state index < -0.39 is 0 Å². The molecule has 0 spiro atoms. The zero-order chi connectivity index (χ0) is 11.4. The molecule has 4 heteroatoms. The lowest BCUT2D eigenvalue weighted by atomic mass is 9.84. The molecule has 0 N–H and O–H groups in total. The molecule has 80 valence electrons. The molecule has 0 aromatic carbocycles. The van der Waals surface area contributed by atoms with Crippen molar-refractivity contribution in [2.24, 2.45) is 11.8 Å². The van der Waals surface area contributed by atoms with Gasteiger partial charge in [-0.15, -0.1) is 0 Å². The summed E-state index contributed by atoms with van der Waals surface area (Å²) >= 11 is 0. The number of nitrogens with zero attached hydrogens (tertiary/aromatic N) is 2. The number of rotatable bonds is 0. The average molecular weight is 196 g/mol. The van der Waals surface area contributed by atoms with E-state index in [4.69, 9.17) is 20.4 Å². The molecule has 1 fully saturated rings.